The second-order valence-corrected chi connectivity index (χ2v) is 1.17. The Labute approximate surface area is 48.3 Å². The monoisotopic (exact) mass is 110 g/mol. The molecule has 0 aromatic heterocycles. The maximum absolute atomic E-state index is 7.89. The third kappa shape index (κ3) is 5.32. The maximum Gasteiger partial charge on any atom is 0.0908 e. The van der Waals surface area contributed by atoms with Gasteiger partial charge in [0.25, 0.3) is 0 Å². The van der Waals surface area contributed by atoms with Crippen molar-refractivity contribution in [3.63, 3.8) is 0 Å². The summed E-state index contributed by atoms with van der Waals surface area (Å²) < 4.78 is 0. The van der Waals surface area contributed by atoms with E-state index >= 15 is 0 Å². The van der Waals surface area contributed by atoms with Crippen LogP contribution in [0.25, 0.3) is 0 Å². The van der Waals surface area contributed by atoms with Gasteiger partial charge in [0, 0.05) is 17.9 Å². The van der Waals surface area contributed by atoms with Gasteiger partial charge in [-0.1, -0.05) is 18.3 Å². The summed E-state index contributed by atoms with van der Waals surface area (Å²) >= 11 is 4.35. The van der Waals surface area contributed by atoms with Gasteiger partial charge < -0.3 is 0 Å². The molecule has 0 fully saturated rings. The fourth-order valence-corrected chi connectivity index (χ4v) is 0.256. The van der Waals surface area contributed by atoms with E-state index in [0.717, 1.165) is 0 Å². The lowest BCUT2D eigenvalue weighted by Gasteiger charge is -1.65. The molecule has 0 aliphatic rings. The third-order valence-electron chi connectivity index (χ3n) is 0.394. The number of hydrogen-bond acceptors (Lipinski definition) is 2. The molecule has 0 bridgehead atoms. The molecular weight excluding hydrogens is 106 g/mol. The number of thiocarbonyl (C=S) groups is 1. The van der Waals surface area contributed by atoms with Crippen LogP contribution in [-0.2, 0) is 0 Å². The van der Waals surface area contributed by atoms with Gasteiger partial charge >= 0.3 is 0 Å². The molecule has 0 aromatic rings. The Morgan fingerprint density at radius 3 is 2.86 bits per heavy atom. The van der Waals surface area contributed by atoms with Crippen LogP contribution >= 0.6 is 12.2 Å². The van der Waals surface area contributed by atoms with E-state index in [0.29, 0.717) is 6.42 Å². The molecule has 0 amide bonds. The van der Waals surface area contributed by atoms with Gasteiger partial charge in [0.2, 0.25) is 0 Å². The normalized spacial score (nSPS) is 8.43. The van der Waals surface area contributed by atoms with E-state index in [9.17, 15) is 0 Å². The van der Waals surface area contributed by atoms with Crippen molar-refractivity contribution in [2.45, 2.75) is 6.42 Å². The summed E-state index contributed by atoms with van der Waals surface area (Å²) in [5.74, 6) is 0. The SMILES string of the molecule is N#C/C=C\C[C]=S. The molecule has 1 radical (unpaired) electrons. The topological polar surface area (TPSA) is 23.8 Å². The maximum atomic E-state index is 7.89. The Morgan fingerprint density at radius 1 is 1.71 bits per heavy atom. The molecule has 0 rings (SSSR count). The second-order valence-electron chi connectivity index (χ2n) is 0.880. The van der Waals surface area contributed by atoms with E-state index in [1.807, 2.05) is 6.07 Å². The minimum atomic E-state index is 0.586. The van der Waals surface area contributed by atoms with Crippen molar-refractivity contribution in [2.75, 3.05) is 0 Å². The lowest BCUT2D eigenvalue weighted by Crippen LogP contribution is -1.58. The summed E-state index contributed by atoms with van der Waals surface area (Å²) in [6.45, 7) is 0. The molecular formula is C5H4NS. The minimum absolute atomic E-state index is 0.586. The lowest BCUT2D eigenvalue weighted by atomic mass is 10.4. The lowest BCUT2D eigenvalue weighted by molar-refractivity contribution is 1.51. The molecule has 0 saturated heterocycles. The van der Waals surface area contributed by atoms with Gasteiger partial charge in [0.05, 0.1) is 6.07 Å². The first-order valence-corrected chi connectivity index (χ1v) is 2.22. The smallest absolute Gasteiger partial charge is 0.0908 e. The highest BCUT2D eigenvalue weighted by molar-refractivity contribution is 7.78. The number of rotatable bonds is 2. The number of nitriles is 1. The number of allylic oxidation sites excluding steroid dienone is 2. The molecule has 0 saturated carbocycles. The first-order chi connectivity index (χ1) is 3.41. The quantitative estimate of drug-likeness (QED) is 0.395. The highest BCUT2D eigenvalue weighted by Crippen LogP contribution is 1.74. The largest absolute Gasteiger partial charge is 0.193 e. The molecule has 0 aromatic carbocycles. The van der Waals surface area contributed by atoms with Crippen molar-refractivity contribution in [1.29, 1.82) is 5.26 Å². The van der Waals surface area contributed by atoms with Gasteiger partial charge in [0.15, 0.2) is 0 Å². The molecule has 0 heterocycles. The highest BCUT2D eigenvalue weighted by atomic mass is 32.1. The van der Waals surface area contributed by atoms with Gasteiger partial charge in [-0.2, -0.15) is 5.26 Å². The van der Waals surface area contributed by atoms with E-state index in [4.69, 9.17) is 5.26 Å². The molecule has 0 spiro atoms. The number of nitrogens with zero attached hydrogens (tertiary/aromatic N) is 1. The van der Waals surface area contributed by atoms with E-state index < -0.39 is 0 Å². The van der Waals surface area contributed by atoms with Crippen molar-refractivity contribution in [3.8, 4) is 6.07 Å². The average Bonchev–Trinajstić information content (AvgIpc) is 1.69. The van der Waals surface area contributed by atoms with Crippen molar-refractivity contribution in [3.05, 3.63) is 12.2 Å². The van der Waals surface area contributed by atoms with Gasteiger partial charge in [-0.25, -0.2) is 0 Å². The zero-order chi connectivity index (χ0) is 5.54. The molecule has 0 aliphatic carbocycles. The van der Waals surface area contributed by atoms with Crippen LogP contribution in [0.2, 0.25) is 0 Å². The van der Waals surface area contributed by atoms with E-state index in [1.165, 1.54) is 6.08 Å². The molecule has 35 valence electrons. The molecule has 0 unspecified atom stereocenters. The van der Waals surface area contributed by atoms with Crippen LogP contribution in [0.1, 0.15) is 6.42 Å². The minimum Gasteiger partial charge on any atom is -0.193 e. The van der Waals surface area contributed by atoms with Crippen molar-refractivity contribution in [2.24, 2.45) is 0 Å². The molecule has 1 nitrogen and oxygen atoms in total. The number of hydrogen-bond donors (Lipinski definition) is 0. The van der Waals surface area contributed by atoms with E-state index in [2.05, 4.69) is 17.6 Å². The Kier molecular flexibility index (Phi) is 4.80. The zero-order valence-electron chi connectivity index (χ0n) is 3.72. The standard InChI is InChI=1S/C5H4NS/c6-4-2-1-3-5-7/h1-2H,3H2/b2-1-. The van der Waals surface area contributed by atoms with Crippen LogP contribution in [0, 0.1) is 11.3 Å². The van der Waals surface area contributed by atoms with Crippen LogP contribution in [0.5, 0.6) is 0 Å². The molecule has 7 heavy (non-hydrogen) atoms. The van der Waals surface area contributed by atoms with E-state index in [-0.39, 0.29) is 0 Å². The summed E-state index contributed by atoms with van der Waals surface area (Å²) in [5, 5.41) is 10.3. The predicted molar refractivity (Wildman–Crippen MR) is 32.0 cm³/mol. The average molecular weight is 110 g/mol. The summed E-state index contributed by atoms with van der Waals surface area (Å²) in [6.07, 6.45) is 3.63. The predicted octanol–water partition coefficient (Wildman–Crippen LogP) is 1.33. The summed E-state index contributed by atoms with van der Waals surface area (Å²) in [5.41, 5.74) is 0. The Hall–Kier alpha value is -0.680. The Bertz CT molecular complexity index is 110. The fraction of sp³-hybridized carbons (Fsp3) is 0.200. The molecule has 0 N–H and O–H groups in total. The van der Waals surface area contributed by atoms with Gasteiger partial charge in [0.1, 0.15) is 0 Å². The Morgan fingerprint density at radius 2 is 2.43 bits per heavy atom. The van der Waals surface area contributed by atoms with Crippen LogP contribution in [0.15, 0.2) is 12.2 Å². The fourth-order valence-electron chi connectivity index (χ4n) is 0.160. The van der Waals surface area contributed by atoms with Crippen molar-refractivity contribution < 1.29 is 0 Å². The first-order valence-electron chi connectivity index (χ1n) is 1.81. The molecule has 0 atom stereocenters. The van der Waals surface area contributed by atoms with Crippen LogP contribution in [-0.4, -0.2) is 5.37 Å². The molecule has 0 aliphatic heterocycles. The Balaban J connectivity index is 3.14. The molecule has 2 heteroatoms. The van der Waals surface area contributed by atoms with Gasteiger partial charge in [-0.05, 0) is 0 Å². The van der Waals surface area contributed by atoms with E-state index in [1.54, 1.807) is 6.08 Å². The highest BCUT2D eigenvalue weighted by Gasteiger charge is 1.64. The van der Waals surface area contributed by atoms with Crippen LogP contribution < -0.4 is 0 Å². The summed E-state index contributed by atoms with van der Waals surface area (Å²) in [7, 11) is 0. The van der Waals surface area contributed by atoms with Gasteiger partial charge in [-0.15, -0.1) is 0 Å². The third-order valence-corrected chi connectivity index (χ3v) is 0.560. The van der Waals surface area contributed by atoms with Crippen LogP contribution in [0.4, 0.5) is 0 Å². The zero-order valence-corrected chi connectivity index (χ0v) is 4.53. The van der Waals surface area contributed by atoms with Crippen molar-refractivity contribution >= 4 is 17.6 Å². The van der Waals surface area contributed by atoms with Crippen LogP contribution in [0.3, 0.4) is 0 Å². The van der Waals surface area contributed by atoms with Crippen molar-refractivity contribution in [1.82, 2.24) is 0 Å². The second kappa shape index (κ2) is 5.32. The van der Waals surface area contributed by atoms with Gasteiger partial charge in [-0.3, -0.25) is 0 Å². The summed E-state index contributed by atoms with van der Waals surface area (Å²) in [6, 6.07) is 1.84. The summed E-state index contributed by atoms with van der Waals surface area (Å²) in [4.78, 5) is 0. The first kappa shape index (κ1) is 6.32.